The third-order valence-electron chi connectivity index (χ3n) is 3.33. The molecule has 0 saturated carbocycles. The quantitative estimate of drug-likeness (QED) is 0.769. The molecule has 6 heteroatoms. The number of carbonyl (C=O) groups excluding carboxylic acids is 1. The number of nitrogens with one attached hydrogen (secondary N) is 1. The molecule has 2 amide bonds. The number of carboxylic acids is 1. The van der Waals surface area contributed by atoms with Gasteiger partial charge < -0.3 is 15.3 Å². The Bertz CT molecular complexity index is 451. The van der Waals surface area contributed by atoms with Crippen molar-refractivity contribution in [2.45, 2.75) is 33.2 Å². The molecular formula is C15H23N3O3. The lowest BCUT2D eigenvalue weighted by molar-refractivity contribution is -0.138. The van der Waals surface area contributed by atoms with Gasteiger partial charge in [0.25, 0.3) is 0 Å². The Labute approximate surface area is 125 Å². The first kappa shape index (κ1) is 16.9. The molecule has 0 bridgehead atoms. The molecule has 6 nitrogen and oxygen atoms in total. The van der Waals surface area contributed by atoms with Crippen LogP contribution in [0.5, 0.6) is 0 Å². The van der Waals surface area contributed by atoms with E-state index in [1.165, 1.54) is 0 Å². The minimum absolute atomic E-state index is 0.0417. The van der Waals surface area contributed by atoms with Crippen molar-refractivity contribution in [1.29, 1.82) is 0 Å². The van der Waals surface area contributed by atoms with Crippen molar-refractivity contribution in [2.24, 2.45) is 5.92 Å². The molecule has 1 heterocycles. The van der Waals surface area contributed by atoms with Gasteiger partial charge in [-0.3, -0.25) is 9.78 Å². The second-order valence-electron chi connectivity index (χ2n) is 4.89. The maximum atomic E-state index is 12.1. The maximum absolute atomic E-state index is 12.1. The number of aliphatic carboxylic acids is 1. The molecule has 0 spiro atoms. The summed E-state index contributed by atoms with van der Waals surface area (Å²) in [6, 6.07) is 5.40. The average molecular weight is 293 g/mol. The summed E-state index contributed by atoms with van der Waals surface area (Å²) in [5, 5.41) is 11.6. The Hall–Kier alpha value is -2.11. The molecule has 2 N–H and O–H groups in total. The van der Waals surface area contributed by atoms with Crippen molar-refractivity contribution in [3.8, 4) is 0 Å². The van der Waals surface area contributed by atoms with Crippen LogP contribution in [0, 0.1) is 5.92 Å². The Morgan fingerprint density at radius 2 is 2.14 bits per heavy atom. The van der Waals surface area contributed by atoms with Crippen LogP contribution >= 0.6 is 0 Å². The van der Waals surface area contributed by atoms with E-state index in [0.29, 0.717) is 19.6 Å². The molecule has 1 atom stereocenters. The van der Waals surface area contributed by atoms with E-state index in [1.54, 1.807) is 11.1 Å². The first-order chi connectivity index (χ1) is 10.1. The van der Waals surface area contributed by atoms with Crippen LogP contribution in [0.4, 0.5) is 4.79 Å². The summed E-state index contributed by atoms with van der Waals surface area (Å²) in [5.41, 5.74) is 0.826. The van der Waals surface area contributed by atoms with Crippen molar-refractivity contribution in [1.82, 2.24) is 15.2 Å². The van der Waals surface area contributed by atoms with Gasteiger partial charge in [0, 0.05) is 25.7 Å². The molecule has 1 aromatic rings. The number of hydrogen-bond donors (Lipinski definition) is 2. The van der Waals surface area contributed by atoms with Gasteiger partial charge in [-0.15, -0.1) is 0 Å². The third kappa shape index (κ3) is 6.25. The first-order valence-corrected chi connectivity index (χ1v) is 7.21. The Morgan fingerprint density at radius 1 is 1.38 bits per heavy atom. The zero-order valence-electron chi connectivity index (χ0n) is 12.6. The van der Waals surface area contributed by atoms with Crippen molar-refractivity contribution in [3.63, 3.8) is 0 Å². The molecule has 1 unspecified atom stereocenters. The number of hydrogen-bond acceptors (Lipinski definition) is 3. The predicted molar refractivity (Wildman–Crippen MR) is 79.8 cm³/mol. The minimum atomic E-state index is -0.836. The molecule has 0 aliphatic heterocycles. The maximum Gasteiger partial charge on any atom is 0.317 e. The van der Waals surface area contributed by atoms with E-state index >= 15 is 0 Å². The van der Waals surface area contributed by atoms with E-state index < -0.39 is 5.97 Å². The van der Waals surface area contributed by atoms with Crippen LogP contribution in [0.1, 0.15) is 32.4 Å². The van der Waals surface area contributed by atoms with Gasteiger partial charge in [0.15, 0.2) is 0 Å². The molecule has 1 rings (SSSR count). The molecule has 0 aliphatic rings. The minimum Gasteiger partial charge on any atom is -0.481 e. The van der Waals surface area contributed by atoms with Crippen LogP contribution in [0.3, 0.4) is 0 Å². The molecule has 0 aliphatic carbocycles. The average Bonchev–Trinajstić information content (AvgIpc) is 2.49. The number of aromatic nitrogens is 1. The highest BCUT2D eigenvalue weighted by atomic mass is 16.4. The van der Waals surface area contributed by atoms with E-state index in [9.17, 15) is 9.59 Å². The van der Waals surface area contributed by atoms with Gasteiger partial charge in [-0.05, 0) is 25.0 Å². The lowest BCUT2D eigenvalue weighted by atomic mass is 10.0. The van der Waals surface area contributed by atoms with Crippen LogP contribution in [0.2, 0.25) is 0 Å². The summed E-state index contributed by atoms with van der Waals surface area (Å²) < 4.78 is 0. The fourth-order valence-corrected chi connectivity index (χ4v) is 1.97. The summed E-state index contributed by atoms with van der Waals surface area (Å²) in [4.78, 5) is 28.7. The molecule has 0 aromatic carbocycles. The van der Waals surface area contributed by atoms with Crippen LogP contribution in [-0.2, 0) is 11.3 Å². The van der Waals surface area contributed by atoms with Crippen LogP contribution in [0.25, 0.3) is 0 Å². The Balaban J connectivity index is 2.49. The molecule has 0 saturated heterocycles. The number of amides is 2. The fraction of sp³-hybridized carbons (Fsp3) is 0.533. The van der Waals surface area contributed by atoms with Crippen LogP contribution < -0.4 is 5.32 Å². The number of nitrogens with zero attached hydrogens (tertiary/aromatic N) is 2. The highest BCUT2D eigenvalue weighted by Gasteiger charge is 2.16. The van der Waals surface area contributed by atoms with Gasteiger partial charge in [0.1, 0.15) is 0 Å². The summed E-state index contributed by atoms with van der Waals surface area (Å²) in [5.74, 6) is -0.878. The molecular weight excluding hydrogens is 270 g/mol. The van der Waals surface area contributed by atoms with E-state index in [-0.39, 0.29) is 18.4 Å². The summed E-state index contributed by atoms with van der Waals surface area (Å²) in [6.45, 7) is 5.21. The number of carboxylic acid groups (broad SMARTS) is 1. The highest BCUT2D eigenvalue weighted by molar-refractivity contribution is 5.74. The summed E-state index contributed by atoms with van der Waals surface area (Å²) in [6.07, 6.45) is 2.49. The zero-order chi connectivity index (χ0) is 15.7. The van der Waals surface area contributed by atoms with Crippen molar-refractivity contribution >= 4 is 12.0 Å². The van der Waals surface area contributed by atoms with Crippen molar-refractivity contribution < 1.29 is 14.7 Å². The topological polar surface area (TPSA) is 82.5 Å². The number of carbonyl (C=O) groups is 2. The van der Waals surface area contributed by atoms with Crippen molar-refractivity contribution in [2.75, 3.05) is 13.1 Å². The first-order valence-electron chi connectivity index (χ1n) is 7.21. The number of pyridine rings is 1. The standard InChI is InChI=1S/C15H23N3O3/c1-3-12(9-14(19)20)10-17-15(21)18(4-2)11-13-7-5-6-8-16-13/h5-8,12H,3-4,9-11H2,1-2H3,(H,17,21)(H,19,20). The van der Waals surface area contributed by atoms with E-state index in [1.807, 2.05) is 32.0 Å². The zero-order valence-corrected chi connectivity index (χ0v) is 12.6. The lowest BCUT2D eigenvalue weighted by Gasteiger charge is -2.22. The smallest absolute Gasteiger partial charge is 0.317 e. The summed E-state index contributed by atoms with van der Waals surface area (Å²) >= 11 is 0. The largest absolute Gasteiger partial charge is 0.481 e. The molecule has 0 fully saturated rings. The van der Waals surface area contributed by atoms with Crippen LogP contribution in [-0.4, -0.2) is 40.1 Å². The summed E-state index contributed by atoms with van der Waals surface area (Å²) in [7, 11) is 0. The Kier molecular flexibility index (Phi) is 7.21. The lowest BCUT2D eigenvalue weighted by Crippen LogP contribution is -2.41. The third-order valence-corrected chi connectivity index (χ3v) is 3.33. The van der Waals surface area contributed by atoms with Gasteiger partial charge in [-0.1, -0.05) is 19.4 Å². The van der Waals surface area contributed by atoms with Crippen LogP contribution in [0.15, 0.2) is 24.4 Å². The van der Waals surface area contributed by atoms with E-state index in [4.69, 9.17) is 5.11 Å². The normalized spacial score (nSPS) is 11.7. The molecule has 0 radical (unpaired) electrons. The van der Waals surface area contributed by atoms with Crippen molar-refractivity contribution in [3.05, 3.63) is 30.1 Å². The highest BCUT2D eigenvalue weighted by Crippen LogP contribution is 2.07. The van der Waals surface area contributed by atoms with Gasteiger partial charge in [-0.25, -0.2) is 4.79 Å². The monoisotopic (exact) mass is 293 g/mol. The van der Waals surface area contributed by atoms with Gasteiger partial charge >= 0.3 is 12.0 Å². The Morgan fingerprint density at radius 3 is 2.67 bits per heavy atom. The van der Waals surface area contributed by atoms with E-state index in [2.05, 4.69) is 10.3 Å². The number of urea groups is 1. The SMILES string of the molecule is CCC(CNC(=O)N(CC)Cc1ccccn1)CC(=O)O. The number of rotatable bonds is 8. The van der Waals surface area contributed by atoms with Gasteiger partial charge in [-0.2, -0.15) is 0 Å². The van der Waals surface area contributed by atoms with Gasteiger partial charge in [0.2, 0.25) is 0 Å². The molecule has 1 aromatic heterocycles. The van der Waals surface area contributed by atoms with E-state index in [0.717, 1.165) is 12.1 Å². The van der Waals surface area contributed by atoms with Gasteiger partial charge in [0.05, 0.1) is 12.2 Å². The molecule has 21 heavy (non-hydrogen) atoms. The molecule has 116 valence electrons. The second kappa shape index (κ2) is 8.94. The second-order valence-corrected chi connectivity index (χ2v) is 4.89. The predicted octanol–water partition coefficient (Wildman–Crippen LogP) is 2.11. The fourth-order valence-electron chi connectivity index (χ4n) is 1.97.